The van der Waals surface area contributed by atoms with Crippen molar-refractivity contribution in [3.8, 4) is 28.8 Å². The predicted octanol–water partition coefficient (Wildman–Crippen LogP) is 5.19. The van der Waals surface area contributed by atoms with E-state index >= 15 is 0 Å². The molecular weight excluding hydrogens is 424 g/mol. The number of carbonyl (C=O) groups excluding carboxylic acids is 1. The first-order valence-corrected chi connectivity index (χ1v) is 10.5. The molecule has 0 spiro atoms. The first kappa shape index (κ1) is 22.9. The van der Waals surface area contributed by atoms with Crippen LogP contribution >= 0.6 is 11.6 Å². The van der Waals surface area contributed by atoms with Crippen molar-refractivity contribution in [3.05, 3.63) is 83.5 Å². The molecule has 0 fully saturated rings. The molecule has 2 aromatic carbocycles. The summed E-state index contributed by atoms with van der Waals surface area (Å²) in [5.74, 6) is 0.116. The smallest absolute Gasteiger partial charge is 0.262 e. The molecule has 3 aromatic rings. The Morgan fingerprint density at radius 2 is 2.09 bits per heavy atom. The average Bonchev–Trinajstić information content (AvgIpc) is 3.24. The summed E-state index contributed by atoms with van der Waals surface area (Å²) in [6.07, 6.45) is 5.73. The number of carbonyl (C=O) groups is 1. The lowest BCUT2D eigenvalue weighted by Gasteiger charge is -2.08. The first-order valence-electron chi connectivity index (χ1n) is 10.2. The van der Waals surface area contributed by atoms with Crippen LogP contribution in [0, 0.1) is 11.3 Å². The SMILES string of the molecule is C=CCNC(=O)C(C#N)=Cc1cn(-c2ccccc2)nc1-c1ccc(OCCC)c(Cl)c1. The van der Waals surface area contributed by atoms with Crippen LogP contribution in [-0.4, -0.2) is 28.8 Å². The highest BCUT2D eigenvalue weighted by Gasteiger charge is 2.16. The Morgan fingerprint density at radius 1 is 1.31 bits per heavy atom. The van der Waals surface area contributed by atoms with Crippen molar-refractivity contribution in [2.24, 2.45) is 0 Å². The van der Waals surface area contributed by atoms with Gasteiger partial charge in [-0.25, -0.2) is 4.68 Å². The van der Waals surface area contributed by atoms with Gasteiger partial charge in [-0.3, -0.25) is 4.79 Å². The van der Waals surface area contributed by atoms with Crippen molar-refractivity contribution < 1.29 is 9.53 Å². The summed E-state index contributed by atoms with van der Waals surface area (Å²) in [5, 5.41) is 17.3. The zero-order valence-corrected chi connectivity index (χ0v) is 18.5. The highest BCUT2D eigenvalue weighted by molar-refractivity contribution is 6.32. The number of benzene rings is 2. The second-order valence-electron chi connectivity index (χ2n) is 6.88. The Bertz CT molecular complexity index is 1180. The van der Waals surface area contributed by atoms with Gasteiger partial charge in [0.05, 0.1) is 17.3 Å². The number of hydrogen-bond donors (Lipinski definition) is 1. The number of halogens is 1. The average molecular weight is 447 g/mol. The van der Waals surface area contributed by atoms with Crippen LogP contribution in [0.5, 0.6) is 5.75 Å². The fourth-order valence-electron chi connectivity index (χ4n) is 2.97. The van der Waals surface area contributed by atoms with E-state index in [0.29, 0.717) is 28.6 Å². The first-order chi connectivity index (χ1) is 15.6. The number of para-hydroxylation sites is 1. The van der Waals surface area contributed by atoms with Crippen LogP contribution in [0.25, 0.3) is 23.0 Å². The summed E-state index contributed by atoms with van der Waals surface area (Å²) >= 11 is 6.43. The molecule has 6 nitrogen and oxygen atoms in total. The number of aromatic nitrogens is 2. The monoisotopic (exact) mass is 446 g/mol. The minimum Gasteiger partial charge on any atom is -0.492 e. The van der Waals surface area contributed by atoms with Crippen LogP contribution in [0.2, 0.25) is 5.02 Å². The number of nitriles is 1. The van der Waals surface area contributed by atoms with E-state index in [1.165, 1.54) is 6.08 Å². The van der Waals surface area contributed by atoms with E-state index in [4.69, 9.17) is 21.4 Å². The largest absolute Gasteiger partial charge is 0.492 e. The zero-order chi connectivity index (χ0) is 22.9. The van der Waals surface area contributed by atoms with Crippen LogP contribution in [0.15, 0.2) is 73.0 Å². The molecule has 0 saturated carbocycles. The quantitative estimate of drug-likeness (QED) is 0.278. The summed E-state index contributed by atoms with van der Waals surface area (Å²) in [4.78, 5) is 12.3. The molecule has 0 aliphatic heterocycles. The number of hydrogen-bond acceptors (Lipinski definition) is 4. The molecule has 1 heterocycles. The Hall–Kier alpha value is -3.82. The van der Waals surface area contributed by atoms with Crippen molar-refractivity contribution in [3.63, 3.8) is 0 Å². The van der Waals surface area contributed by atoms with Gasteiger partial charge in [0.2, 0.25) is 0 Å². The minimum absolute atomic E-state index is 0.0327. The molecule has 0 aliphatic carbocycles. The van der Waals surface area contributed by atoms with Gasteiger partial charge in [-0.05, 0) is 42.8 Å². The van der Waals surface area contributed by atoms with Crippen LogP contribution in [0.4, 0.5) is 0 Å². The normalized spacial score (nSPS) is 11.0. The predicted molar refractivity (Wildman–Crippen MR) is 127 cm³/mol. The molecular formula is C25H23ClN4O2. The molecule has 0 unspecified atom stereocenters. The van der Waals surface area contributed by atoms with Gasteiger partial charge in [-0.1, -0.05) is 42.8 Å². The van der Waals surface area contributed by atoms with E-state index in [9.17, 15) is 10.1 Å². The summed E-state index contributed by atoms with van der Waals surface area (Å²) < 4.78 is 7.36. The zero-order valence-electron chi connectivity index (χ0n) is 17.7. The van der Waals surface area contributed by atoms with Gasteiger partial charge < -0.3 is 10.1 Å². The summed E-state index contributed by atoms with van der Waals surface area (Å²) in [6.45, 7) is 6.43. The molecule has 0 saturated heterocycles. The van der Waals surface area contributed by atoms with Crippen molar-refractivity contribution in [2.45, 2.75) is 13.3 Å². The molecule has 32 heavy (non-hydrogen) atoms. The summed E-state index contributed by atoms with van der Waals surface area (Å²) in [5.41, 5.74) is 2.75. The van der Waals surface area contributed by atoms with Crippen LogP contribution in [-0.2, 0) is 4.79 Å². The molecule has 1 amide bonds. The highest BCUT2D eigenvalue weighted by atomic mass is 35.5. The summed E-state index contributed by atoms with van der Waals surface area (Å²) in [7, 11) is 0. The van der Waals surface area contributed by atoms with E-state index in [1.807, 2.05) is 49.4 Å². The maximum Gasteiger partial charge on any atom is 0.262 e. The maximum absolute atomic E-state index is 12.3. The molecule has 1 N–H and O–H groups in total. The molecule has 0 bridgehead atoms. The third-order valence-electron chi connectivity index (χ3n) is 4.50. The van der Waals surface area contributed by atoms with Gasteiger partial charge in [0.25, 0.3) is 5.91 Å². The molecule has 3 rings (SSSR count). The van der Waals surface area contributed by atoms with E-state index < -0.39 is 5.91 Å². The highest BCUT2D eigenvalue weighted by Crippen LogP contribution is 2.32. The van der Waals surface area contributed by atoms with E-state index in [1.54, 1.807) is 29.1 Å². The molecule has 0 radical (unpaired) electrons. The molecule has 0 aliphatic rings. The number of ether oxygens (including phenoxy) is 1. The molecule has 0 atom stereocenters. The lowest BCUT2D eigenvalue weighted by Crippen LogP contribution is -2.24. The van der Waals surface area contributed by atoms with E-state index in [2.05, 4.69) is 11.9 Å². The summed E-state index contributed by atoms with van der Waals surface area (Å²) in [6, 6.07) is 17.0. The Kier molecular flexibility index (Phi) is 7.85. The Labute approximate surface area is 192 Å². The third kappa shape index (κ3) is 5.45. The second-order valence-corrected chi connectivity index (χ2v) is 7.28. The molecule has 1 aromatic heterocycles. The van der Waals surface area contributed by atoms with Gasteiger partial charge in [0.15, 0.2) is 0 Å². The number of amides is 1. The van der Waals surface area contributed by atoms with Crippen molar-refractivity contribution in [2.75, 3.05) is 13.2 Å². The second kappa shape index (κ2) is 11.0. The lowest BCUT2D eigenvalue weighted by molar-refractivity contribution is -0.116. The number of rotatable bonds is 9. The lowest BCUT2D eigenvalue weighted by atomic mass is 10.1. The van der Waals surface area contributed by atoms with Gasteiger partial charge in [-0.2, -0.15) is 10.4 Å². The maximum atomic E-state index is 12.3. The fourth-order valence-corrected chi connectivity index (χ4v) is 3.21. The topological polar surface area (TPSA) is 79.9 Å². The van der Waals surface area contributed by atoms with Crippen molar-refractivity contribution in [1.29, 1.82) is 5.26 Å². The van der Waals surface area contributed by atoms with Gasteiger partial charge >= 0.3 is 0 Å². The molecule has 162 valence electrons. The fraction of sp³-hybridized carbons (Fsp3) is 0.160. The van der Waals surface area contributed by atoms with Crippen molar-refractivity contribution >= 4 is 23.6 Å². The minimum atomic E-state index is -0.479. The van der Waals surface area contributed by atoms with E-state index in [0.717, 1.165) is 17.7 Å². The third-order valence-corrected chi connectivity index (χ3v) is 4.80. The van der Waals surface area contributed by atoms with Crippen LogP contribution in [0.1, 0.15) is 18.9 Å². The van der Waals surface area contributed by atoms with Gasteiger partial charge in [0, 0.05) is 23.9 Å². The van der Waals surface area contributed by atoms with E-state index in [-0.39, 0.29) is 12.1 Å². The van der Waals surface area contributed by atoms with Crippen LogP contribution in [0.3, 0.4) is 0 Å². The number of nitrogens with one attached hydrogen (secondary N) is 1. The Balaban J connectivity index is 2.08. The van der Waals surface area contributed by atoms with Crippen LogP contribution < -0.4 is 10.1 Å². The van der Waals surface area contributed by atoms with Gasteiger partial charge in [-0.15, -0.1) is 6.58 Å². The molecule has 7 heteroatoms. The van der Waals surface area contributed by atoms with Gasteiger partial charge in [0.1, 0.15) is 23.1 Å². The number of nitrogens with zero attached hydrogens (tertiary/aromatic N) is 3. The standard InChI is InChI=1S/C25H23ClN4O2/c1-3-12-28-25(31)19(16-27)14-20-17-30(21-8-6-5-7-9-21)29-24(20)18-10-11-23(22(26)15-18)32-13-4-2/h3,5-11,14-15,17H,1,4,12-13H2,2H3,(H,28,31). The van der Waals surface area contributed by atoms with Crippen molar-refractivity contribution in [1.82, 2.24) is 15.1 Å². The Morgan fingerprint density at radius 3 is 2.75 bits per heavy atom.